The molecule has 112 valence electrons. The van der Waals surface area contributed by atoms with Crippen molar-refractivity contribution in [2.24, 2.45) is 5.92 Å². The number of rotatable bonds is 3. The molecular weight excluding hydrogens is 286 g/mol. The first-order valence-corrected chi connectivity index (χ1v) is 8.19. The highest BCUT2D eigenvalue weighted by Crippen LogP contribution is 2.33. The number of hydrogen-bond donors (Lipinski definition) is 0. The molecule has 2 aromatic rings. The molecule has 1 aliphatic heterocycles. The molecule has 0 aromatic carbocycles. The summed E-state index contributed by atoms with van der Waals surface area (Å²) < 4.78 is 6.27. The van der Waals surface area contributed by atoms with E-state index in [-0.39, 0.29) is 11.9 Å². The van der Waals surface area contributed by atoms with Gasteiger partial charge >= 0.3 is 5.97 Å². The average molecular weight is 305 g/mol. The lowest BCUT2D eigenvalue weighted by Gasteiger charge is -2.32. The van der Waals surface area contributed by atoms with Crippen LogP contribution in [0.3, 0.4) is 0 Å². The van der Waals surface area contributed by atoms with Gasteiger partial charge in [0, 0.05) is 13.1 Å². The second-order valence-corrected chi connectivity index (χ2v) is 6.21. The molecule has 3 rings (SSSR count). The standard InChI is InChI=1S/C15H19N3O2S/c1-3-20-15(19)11-5-4-6-18(7-11)14-13-12(16-9-17-14)10(2)8-21-13/h8-9,11H,3-7H2,1-2H3. The Bertz CT molecular complexity index is 655. The molecule has 0 radical (unpaired) electrons. The van der Waals surface area contributed by atoms with E-state index in [2.05, 4.69) is 27.2 Å². The van der Waals surface area contributed by atoms with E-state index in [1.54, 1.807) is 17.7 Å². The molecule has 0 N–H and O–H groups in total. The predicted octanol–water partition coefficient (Wildman–Crippen LogP) is 2.78. The third-order valence-electron chi connectivity index (χ3n) is 3.85. The maximum absolute atomic E-state index is 12.0. The highest BCUT2D eigenvalue weighted by molar-refractivity contribution is 7.18. The van der Waals surface area contributed by atoms with Crippen molar-refractivity contribution in [2.75, 3.05) is 24.6 Å². The second-order valence-electron chi connectivity index (χ2n) is 5.33. The number of anilines is 1. The van der Waals surface area contributed by atoms with Gasteiger partial charge in [0.2, 0.25) is 0 Å². The maximum Gasteiger partial charge on any atom is 0.310 e. The van der Waals surface area contributed by atoms with Crippen LogP contribution in [0.25, 0.3) is 10.2 Å². The number of carbonyl (C=O) groups excluding carboxylic acids is 1. The Balaban J connectivity index is 1.86. The van der Waals surface area contributed by atoms with Crippen molar-refractivity contribution in [1.29, 1.82) is 0 Å². The number of aryl methyl sites for hydroxylation is 1. The monoisotopic (exact) mass is 305 g/mol. The molecule has 5 nitrogen and oxygen atoms in total. The molecule has 1 saturated heterocycles. The number of nitrogens with zero attached hydrogens (tertiary/aromatic N) is 3. The number of esters is 1. The molecule has 1 atom stereocenters. The first-order chi connectivity index (χ1) is 10.2. The van der Waals surface area contributed by atoms with Gasteiger partial charge in [-0.05, 0) is 37.6 Å². The van der Waals surface area contributed by atoms with Gasteiger partial charge in [0.05, 0.1) is 22.7 Å². The van der Waals surface area contributed by atoms with Crippen molar-refractivity contribution in [3.63, 3.8) is 0 Å². The van der Waals surface area contributed by atoms with Crippen LogP contribution in [-0.2, 0) is 9.53 Å². The number of ether oxygens (including phenoxy) is 1. The van der Waals surface area contributed by atoms with Crippen molar-refractivity contribution in [3.8, 4) is 0 Å². The van der Waals surface area contributed by atoms with Crippen LogP contribution in [0.5, 0.6) is 0 Å². The Labute approximate surface area is 128 Å². The Hall–Kier alpha value is -1.69. The molecule has 6 heteroatoms. The van der Waals surface area contributed by atoms with Crippen LogP contribution < -0.4 is 4.90 Å². The highest BCUT2D eigenvalue weighted by atomic mass is 32.1. The Kier molecular flexibility index (Phi) is 4.05. The van der Waals surface area contributed by atoms with E-state index in [0.717, 1.165) is 35.4 Å². The summed E-state index contributed by atoms with van der Waals surface area (Å²) in [6.45, 7) is 5.96. The summed E-state index contributed by atoms with van der Waals surface area (Å²) in [6, 6.07) is 0. The van der Waals surface area contributed by atoms with Crippen LogP contribution in [0.4, 0.5) is 5.82 Å². The molecular formula is C15H19N3O2S. The number of hydrogen-bond acceptors (Lipinski definition) is 6. The van der Waals surface area contributed by atoms with Gasteiger partial charge < -0.3 is 9.64 Å². The largest absolute Gasteiger partial charge is 0.466 e. The van der Waals surface area contributed by atoms with E-state index in [4.69, 9.17) is 4.74 Å². The number of piperidine rings is 1. The zero-order chi connectivity index (χ0) is 14.8. The van der Waals surface area contributed by atoms with Gasteiger partial charge in [-0.2, -0.15) is 0 Å². The third-order valence-corrected chi connectivity index (χ3v) is 4.94. The molecule has 2 aromatic heterocycles. The van der Waals surface area contributed by atoms with Crippen LogP contribution in [0.1, 0.15) is 25.3 Å². The molecule has 1 fully saturated rings. The zero-order valence-electron chi connectivity index (χ0n) is 12.3. The fourth-order valence-corrected chi connectivity index (χ4v) is 3.82. The SMILES string of the molecule is CCOC(=O)C1CCCN(c2ncnc3c(C)csc23)C1. The van der Waals surface area contributed by atoms with E-state index >= 15 is 0 Å². The lowest BCUT2D eigenvalue weighted by atomic mass is 9.98. The zero-order valence-corrected chi connectivity index (χ0v) is 13.2. The van der Waals surface area contributed by atoms with Gasteiger partial charge in [0.1, 0.15) is 12.1 Å². The average Bonchev–Trinajstić information content (AvgIpc) is 2.89. The van der Waals surface area contributed by atoms with Crippen LogP contribution in [0.2, 0.25) is 0 Å². The molecule has 0 aliphatic carbocycles. The molecule has 1 aliphatic rings. The molecule has 1 unspecified atom stereocenters. The molecule has 0 bridgehead atoms. The van der Waals surface area contributed by atoms with Crippen LogP contribution in [-0.4, -0.2) is 35.6 Å². The third kappa shape index (κ3) is 2.72. The fraction of sp³-hybridized carbons (Fsp3) is 0.533. The summed E-state index contributed by atoms with van der Waals surface area (Å²) in [5.74, 6) is 0.812. The normalized spacial score (nSPS) is 19.0. The lowest BCUT2D eigenvalue weighted by Crippen LogP contribution is -2.39. The van der Waals surface area contributed by atoms with Gasteiger partial charge in [-0.25, -0.2) is 9.97 Å². The van der Waals surface area contributed by atoms with Crippen LogP contribution in [0, 0.1) is 12.8 Å². The van der Waals surface area contributed by atoms with Crippen molar-refractivity contribution in [2.45, 2.75) is 26.7 Å². The summed E-state index contributed by atoms with van der Waals surface area (Å²) in [5, 5.41) is 2.11. The molecule has 21 heavy (non-hydrogen) atoms. The fourth-order valence-electron chi connectivity index (χ4n) is 2.80. The second kappa shape index (κ2) is 5.97. The maximum atomic E-state index is 12.0. The van der Waals surface area contributed by atoms with Gasteiger partial charge in [0.15, 0.2) is 0 Å². The topological polar surface area (TPSA) is 55.3 Å². The smallest absolute Gasteiger partial charge is 0.310 e. The van der Waals surface area contributed by atoms with Gasteiger partial charge in [-0.3, -0.25) is 4.79 Å². The van der Waals surface area contributed by atoms with Crippen molar-refractivity contribution >= 4 is 33.3 Å². The minimum Gasteiger partial charge on any atom is -0.466 e. The summed E-state index contributed by atoms with van der Waals surface area (Å²) >= 11 is 1.67. The first kappa shape index (κ1) is 14.3. The molecule has 3 heterocycles. The van der Waals surface area contributed by atoms with E-state index in [9.17, 15) is 4.79 Å². The summed E-state index contributed by atoms with van der Waals surface area (Å²) in [5.41, 5.74) is 2.20. The summed E-state index contributed by atoms with van der Waals surface area (Å²) in [6.07, 6.45) is 3.50. The molecule has 0 spiro atoms. The Morgan fingerprint density at radius 2 is 2.38 bits per heavy atom. The van der Waals surface area contributed by atoms with Gasteiger partial charge in [-0.1, -0.05) is 0 Å². The number of carbonyl (C=O) groups is 1. The minimum absolute atomic E-state index is 0.0511. The number of aromatic nitrogens is 2. The quantitative estimate of drug-likeness (QED) is 0.816. The number of thiophene rings is 1. The lowest BCUT2D eigenvalue weighted by molar-refractivity contribution is -0.148. The first-order valence-electron chi connectivity index (χ1n) is 7.31. The van der Waals surface area contributed by atoms with E-state index in [1.165, 1.54) is 5.56 Å². The van der Waals surface area contributed by atoms with Crippen LogP contribution in [0.15, 0.2) is 11.7 Å². The minimum atomic E-state index is -0.0881. The number of fused-ring (bicyclic) bond motifs is 1. The molecule has 0 saturated carbocycles. The molecule has 0 amide bonds. The van der Waals surface area contributed by atoms with E-state index in [1.807, 2.05) is 6.92 Å². The highest BCUT2D eigenvalue weighted by Gasteiger charge is 2.28. The van der Waals surface area contributed by atoms with Crippen LogP contribution >= 0.6 is 11.3 Å². The van der Waals surface area contributed by atoms with E-state index < -0.39 is 0 Å². The van der Waals surface area contributed by atoms with E-state index in [0.29, 0.717) is 13.2 Å². The Morgan fingerprint density at radius 3 is 3.19 bits per heavy atom. The van der Waals surface area contributed by atoms with Crippen molar-refractivity contribution < 1.29 is 9.53 Å². The summed E-state index contributed by atoms with van der Waals surface area (Å²) in [4.78, 5) is 23.0. The van der Waals surface area contributed by atoms with Gasteiger partial charge in [0.25, 0.3) is 0 Å². The Morgan fingerprint density at radius 1 is 1.52 bits per heavy atom. The van der Waals surface area contributed by atoms with Gasteiger partial charge in [-0.15, -0.1) is 11.3 Å². The summed E-state index contributed by atoms with van der Waals surface area (Å²) in [7, 11) is 0. The predicted molar refractivity (Wildman–Crippen MR) is 83.7 cm³/mol. The van der Waals surface area contributed by atoms with Crippen molar-refractivity contribution in [1.82, 2.24) is 9.97 Å². The van der Waals surface area contributed by atoms with Crippen molar-refractivity contribution in [3.05, 3.63) is 17.3 Å².